The molecule has 0 saturated heterocycles. The Morgan fingerprint density at radius 1 is 1.29 bits per heavy atom. The minimum atomic E-state index is -0.293. The molecule has 0 N–H and O–H groups in total. The molecule has 0 aliphatic rings. The maximum atomic E-state index is 13.3. The summed E-state index contributed by atoms with van der Waals surface area (Å²) >= 11 is 5.82. The molecule has 1 aromatic carbocycles. The number of halogens is 2. The molecule has 0 aliphatic carbocycles. The summed E-state index contributed by atoms with van der Waals surface area (Å²) < 4.78 is 20.3. The summed E-state index contributed by atoms with van der Waals surface area (Å²) in [6, 6.07) is 4.60. The first-order chi connectivity index (χ1) is 10.2. The van der Waals surface area contributed by atoms with E-state index in [1.165, 1.54) is 12.1 Å². The fraction of sp³-hybridized carbons (Fsp3) is 0.357. The highest BCUT2D eigenvalue weighted by Crippen LogP contribution is 2.19. The number of rotatable bonds is 5. The summed E-state index contributed by atoms with van der Waals surface area (Å²) in [6.45, 7) is 2.40. The smallest absolute Gasteiger partial charge is 0.223 e. The van der Waals surface area contributed by atoms with Crippen LogP contribution in [0.1, 0.15) is 17.5 Å². The predicted molar refractivity (Wildman–Crippen MR) is 76.9 cm³/mol. The standard InChI is InChI=1S/C14H14ClFN4O/c1-9-17-13(19-21-9)5-7-20-12-3-2-10(16)8-11(12)18-14(20)4-6-15/h2-3,8H,4-7H2,1H3. The summed E-state index contributed by atoms with van der Waals surface area (Å²) in [5.41, 5.74) is 1.52. The van der Waals surface area contributed by atoms with Gasteiger partial charge in [0.15, 0.2) is 5.82 Å². The highest BCUT2D eigenvalue weighted by molar-refractivity contribution is 6.17. The molecule has 3 aromatic rings. The molecule has 5 nitrogen and oxygen atoms in total. The molecule has 2 aromatic heterocycles. The van der Waals surface area contributed by atoms with E-state index < -0.39 is 0 Å². The summed E-state index contributed by atoms with van der Waals surface area (Å²) in [4.78, 5) is 8.64. The summed E-state index contributed by atoms with van der Waals surface area (Å²) in [5.74, 6) is 2.20. The van der Waals surface area contributed by atoms with Crippen molar-refractivity contribution in [1.29, 1.82) is 0 Å². The van der Waals surface area contributed by atoms with Crippen LogP contribution < -0.4 is 0 Å². The molecule has 0 aliphatic heterocycles. The Labute approximate surface area is 125 Å². The van der Waals surface area contributed by atoms with E-state index in [1.807, 2.05) is 4.57 Å². The first kappa shape index (κ1) is 14.0. The average Bonchev–Trinajstić information content (AvgIpc) is 3.00. The normalized spacial score (nSPS) is 11.4. The first-order valence-electron chi connectivity index (χ1n) is 6.67. The van der Waals surface area contributed by atoms with Crippen LogP contribution in [0.5, 0.6) is 0 Å². The number of benzene rings is 1. The van der Waals surface area contributed by atoms with Gasteiger partial charge in [-0.15, -0.1) is 11.6 Å². The van der Waals surface area contributed by atoms with Crippen LogP contribution in [0.4, 0.5) is 4.39 Å². The highest BCUT2D eigenvalue weighted by atomic mass is 35.5. The second-order valence-electron chi connectivity index (χ2n) is 4.73. The fourth-order valence-electron chi connectivity index (χ4n) is 2.33. The molecule has 0 spiro atoms. The molecule has 2 heterocycles. The number of nitrogens with zero attached hydrogens (tertiary/aromatic N) is 4. The van der Waals surface area contributed by atoms with Crippen LogP contribution in [0.3, 0.4) is 0 Å². The molecule has 3 rings (SSSR count). The van der Waals surface area contributed by atoms with Gasteiger partial charge in [0.05, 0.1) is 11.0 Å². The van der Waals surface area contributed by atoms with E-state index in [0.29, 0.717) is 42.5 Å². The van der Waals surface area contributed by atoms with E-state index in [2.05, 4.69) is 15.1 Å². The third-order valence-electron chi connectivity index (χ3n) is 3.24. The Kier molecular flexibility index (Phi) is 3.88. The van der Waals surface area contributed by atoms with Crippen LogP contribution in [0.15, 0.2) is 22.7 Å². The Hall–Kier alpha value is -1.95. The van der Waals surface area contributed by atoms with Gasteiger partial charge >= 0.3 is 0 Å². The molecule has 110 valence electrons. The number of aromatic nitrogens is 4. The largest absolute Gasteiger partial charge is 0.340 e. The Bertz CT molecular complexity index is 768. The number of alkyl halides is 1. The predicted octanol–water partition coefficient (Wildman–Crippen LogP) is 2.89. The van der Waals surface area contributed by atoms with Gasteiger partial charge in [0.25, 0.3) is 0 Å². The molecule has 7 heteroatoms. The lowest BCUT2D eigenvalue weighted by Crippen LogP contribution is -2.07. The molecule has 0 atom stereocenters. The van der Waals surface area contributed by atoms with Crippen molar-refractivity contribution in [3.63, 3.8) is 0 Å². The van der Waals surface area contributed by atoms with E-state index in [4.69, 9.17) is 16.1 Å². The lowest BCUT2D eigenvalue weighted by atomic mass is 10.3. The maximum Gasteiger partial charge on any atom is 0.223 e. The van der Waals surface area contributed by atoms with Crippen molar-refractivity contribution in [3.05, 3.63) is 41.6 Å². The van der Waals surface area contributed by atoms with E-state index >= 15 is 0 Å². The van der Waals surface area contributed by atoms with Gasteiger partial charge in [0, 0.05) is 38.3 Å². The van der Waals surface area contributed by atoms with Crippen molar-refractivity contribution < 1.29 is 8.91 Å². The summed E-state index contributed by atoms with van der Waals surface area (Å²) in [7, 11) is 0. The average molecular weight is 309 g/mol. The van der Waals surface area contributed by atoms with Crippen molar-refractivity contribution in [3.8, 4) is 0 Å². The van der Waals surface area contributed by atoms with Crippen LogP contribution in [0, 0.1) is 12.7 Å². The molecule has 21 heavy (non-hydrogen) atoms. The zero-order chi connectivity index (χ0) is 14.8. The zero-order valence-corrected chi connectivity index (χ0v) is 12.3. The minimum Gasteiger partial charge on any atom is -0.340 e. The highest BCUT2D eigenvalue weighted by Gasteiger charge is 2.12. The SMILES string of the molecule is Cc1nc(CCn2c(CCCl)nc3cc(F)ccc32)no1. The van der Waals surface area contributed by atoms with Crippen LogP contribution in [0.2, 0.25) is 0 Å². The minimum absolute atomic E-state index is 0.293. The van der Waals surface area contributed by atoms with Crippen LogP contribution in [-0.4, -0.2) is 25.6 Å². The second kappa shape index (κ2) is 5.81. The Balaban J connectivity index is 1.92. The van der Waals surface area contributed by atoms with Gasteiger partial charge in [0.2, 0.25) is 5.89 Å². The van der Waals surface area contributed by atoms with Crippen molar-refractivity contribution in [2.24, 2.45) is 0 Å². The van der Waals surface area contributed by atoms with Gasteiger partial charge in [-0.2, -0.15) is 4.98 Å². The van der Waals surface area contributed by atoms with E-state index in [9.17, 15) is 4.39 Å². The molecule has 0 fully saturated rings. The number of aryl methyl sites for hydroxylation is 4. The van der Waals surface area contributed by atoms with Crippen molar-refractivity contribution >= 4 is 22.6 Å². The van der Waals surface area contributed by atoms with Gasteiger partial charge in [-0.1, -0.05) is 5.16 Å². The van der Waals surface area contributed by atoms with Gasteiger partial charge in [-0.05, 0) is 12.1 Å². The van der Waals surface area contributed by atoms with Crippen molar-refractivity contribution in [1.82, 2.24) is 19.7 Å². The molecular weight excluding hydrogens is 295 g/mol. The van der Waals surface area contributed by atoms with Gasteiger partial charge in [-0.25, -0.2) is 9.37 Å². The number of fused-ring (bicyclic) bond motifs is 1. The Morgan fingerprint density at radius 3 is 2.86 bits per heavy atom. The Morgan fingerprint density at radius 2 is 2.14 bits per heavy atom. The molecule has 0 unspecified atom stereocenters. The summed E-state index contributed by atoms with van der Waals surface area (Å²) in [6.07, 6.45) is 1.25. The summed E-state index contributed by atoms with van der Waals surface area (Å²) in [5, 5.41) is 3.88. The van der Waals surface area contributed by atoms with Crippen LogP contribution in [0.25, 0.3) is 11.0 Å². The van der Waals surface area contributed by atoms with Crippen molar-refractivity contribution in [2.45, 2.75) is 26.3 Å². The quantitative estimate of drug-likeness (QED) is 0.680. The van der Waals surface area contributed by atoms with E-state index in [1.54, 1.807) is 13.0 Å². The van der Waals surface area contributed by atoms with E-state index in [0.717, 1.165) is 11.3 Å². The van der Waals surface area contributed by atoms with E-state index in [-0.39, 0.29) is 5.82 Å². The van der Waals surface area contributed by atoms with Gasteiger partial charge in [-0.3, -0.25) is 0 Å². The van der Waals surface area contributed by atoms with Crippen molar-refractivity contribution in [2.75, 3.05) is 5.88 Å². The molecule has 0 radical (unpaired) electrons. The second-order valence-corrected chi connectivity index (χ2v) is 5.11. The molecular formula is C14H14ClFN4O. The topological polar surface area (TPSA) is 56.7 Å². The first-order valence-corrected chi connectivity index (χ1v) is 7.20. The lowest BCUT2D eigenvalue weighted by molar-refractivity contribution is 0.386. The lowest BCUT2D eigenvalue weighted by Gasteiger charge is -2.06. The third-order valence-corrected chi connectivity index (χ3v) is 3.43. The molecule has 0 bridgehead atoms. The van der Waals surface area contributed by atoms with Crippen LogP contribution >= 0.6 is 11.6 Å². The fourth-order valence-corrected chi connectivity index (χ4v) is 2.50. The van der Waals surface area contributed by atoms with Gasteiger partial charge in [0.1, 0.15) is 11.6 Å². The van der Waals surface area contributed by atoms with Crippen LogP contribution in [-0.2, 0) is 19.4 Å². The monoisotopic (exact) mass is 308 g/mol. The zero-order valence-electron chi connectivity index (χ0n) is 11.5. The molecule has 0 saturated carbocycles. The maximum absolute atomic E-state index is 13.3. The third kappa shape index (κ3) is 2.90. The van der Waals surface area contributed by atoms with Gasteiger partial charge < -0.3 is 9.09 Å². The number of imidazole rings is 1. The number of hydrogen-bond acceptors (Lipinski definition) is 4. The molecule has 0 amide bonds. The number of hydrogen-bond donors (Lipinski definition) is 0.